The highest BCUT2D eigenvalue weighted by Crippen LogP contribution is 2.49. The first-order valence-electron chi connectivity index (χ1n) is 12.1. The van der Waals surface area contributed by atoms with Gasteiger partial charge in [-0.15, -0.1) is 0 Å². The quantitative estimate of drug-likeness (QED) is 0.574. The van der Waals surface area contributed by atoms with Gasteiger partial charge in [-0.05, 0) is 55.5 Å². The highest BCUT2D eigenvalue weighted by Gasteiger charge is 2.42. The Labute approximate surface area is 213 Å². The molecule has 0 bridgehead atoms. The average Bonchev–Trinajstić information content (AvgIpc) is 2.86. The number of hydrogen-bond donors (Lipinski definition) is 1. The normalized spacial score (nSPS) is 18.2. The lowest BCUT2D eigenvalue weighted by molar-refractivity contribution is -0.118. The number of carbonyl (C=O) groups is 3. The van der Waals surface area contributed by atoms with E-state index in [1.165, 1.54) is 18.2 Å². The largest absolute Gasteiger partial charge is 0.482 e. The predicted molar refractivity (Wildman–Crippen MR) is 134 cm³/mol. The van der Waals surface area contributed by atoms with Crippen LogP contribution in [-0.2, 0) is 14.4 Å². The molecule has 0 atom stereocenters. The van der Waals surface area contributed by atoms with Crippen molar-refractivity contribution < 1.29 is 23.5 Å². The van der Waals surface area contributed by atoms with Gasteiger partial charge < -0.3 is 15.0 Å². The Hall–Kier alpha value is -3.45. The maximum Gasteiger partial charge on any atom is 0.262 e. The van der Waals surface area contributed by atoms with Gasteiger partial charge in [-0.2, -0.15) is 0 Å². The summed E-state index contributed by atoms with van der Waals surface area (Å²) in [5.41, 5.74) is 4.18. The minimum Gasteiger partial charge on any atom is -0.482 e. The summed E-state index contributed by atoms with van der Waals surface area (Å²) in [7, 11) is 1.95. The van der Waals surface area contributed by atoms with Gasteiger partial charge in [0.05, 0.1) is 10.7 Å². The molecule has 0 fully saturated rings. The second kappa shape index (κ2) is 9.90. The molecule has 8 heteroatoms. The van der Waals surface area contributed by atoms with Crippen molar-refractivity contribution >= 4 is 34.8 Å². The number of benzene rings is 2. The maximum atomic E-state index is 13.8. The Morgan fingerprint density at radius 1 is 1.03 bits per heavy atom. The van der Waals surface area contributed by atoms with E-state index in [0.717, 1.165) is 42.6 Å². The molecular weight excluding hydrogens is 483 g/mol. The van der Waals surface area contributed by atoms with Crippen LogP contribution in [0.3, 0.4) is 0 Å². The zero-order valence-corrected chi connectivity index (χ0v) is 20.7. The summed E-state index contributed by atoms with van der Waals surface area (Å²) in [5.74, 6) is -1.10. The number of allylic oxidation sites excluding steroid dienone is 4. The molecule has 2 aromatic rings. The number of Topliss-reactive ketones (excluding diaryl/α,β-unsaturated/α-hetero) is 2. The van der Waals surface area contributed by atoms with Gasteiger partial charge in [0.15, 0.2) is 18.2 Å². The standard InChI is InChI=1S/C28H26ClFN2O4/c1-32-20-8-4-10-22(33)27(20)26(28-21(32)9-5-11-23(28)34)16-12-13-24(17(29)14-16)36-15-25(35)31-19-7-3-2-6-18(19)30/h2-3,6-7,12-14,26H,4-5,8-11,15H2,1H3,(H,31,35). The summed E-state index contributed by atoms with van der Waals surface area (Å²) in [6.07, 6.45) is 4.12. The fraction of sp³-hybridized carbons (Fsp3) is 0.321. The Kier molecular flexibility index (Phi) is 6.67. The summed E-state index contributed by atoms with van der Waals surface area (Å²) in [4.78, 5) is 40.5. The Morgan fingerprint density at radius 3 is 2.28 bits per heavy atom. The molecule has 5 rings (SSSR count). The van der Waals surface area contributed by atoms with Crippen LogP contribution in [0, 0.1) is 5.82 Å². The molecule has 0 spiro atoms. The first kappa shape index (κ1) is 24.3. The van der Waals surface area contributed by atoms with Gasteiger partial charge in [0.25, 0.3) is 5.91 Å². The van der Waals surface area contributed by atoms with E-state index in [2.05, 4.69) is 10.2 Å². The lowest BCUT2D eigenvalue weighted by atomic mass is 9.71. The summed E-state index contributed by atoms with van der Waals surface area (Å²) in [5, 5.41) is 2.73. The van der Waals surface area contributed by atoms with E-state index in [0.29, 0.717) is 24.0 Å². The Bertz CT molecular complexity index is 1290. The van der Waals surface area contributed by atoms with E-state index in [9.17, 15) is 18.8 Å². The molecule has 6 nitrogen and oxygen atoms in total. The molecule has 3 aliphatic rings. The molecule has 2 aromatic carbocycles. The van der Waals surface area contributed by atoms with Crippen molar-refractivity contribution in [3.63, 3.8) is 0 Å². The third-order valence-electron chi connectivity index (χ3n) is 7.04. The lowest BCUT2D eigenvalue weighted by Crippen LogP contribution is -2.37. The van der Waals surface area contributed by atoms with Crippen LogP contribution in [0.4, 0.5) is 10.1 Å². The van der Waals surface area contributed by atoms with Gasteiger partial charge >= 0.3 is 0 Å². The minimum absolute atomic E-state index is 0.0669. The molecule has 1 N–H and O–H groups in total. The molecule has 2 aliphatic carbocycles. The second-order valence-electron chi connectivity index (χ2n) is 9.27. The molecule has 0 aromatic heterocycles. The van der Waals surface area contributed by atoms with Crippen LogP contribution >= 0.6 is 11.6 Å². The van der Waals surface area contributed by atoms with Crippen molar-refractivity contribution in [3.8, 4) is 5.75 Å². The van der Waals surface area contributed by atoms with Crippen molar-refractivity contribution in [3.05, 3.63) is 81.4 Å². The lowest BCUT2D eigenvalue weighted by Gasteiger charge is -2.42. The van der Waals surface area contributed by atoms with Gasteiger partial charge in [-0.25, -0.2) is 4.39 Å². The number of ketones is 2. The smallest absolute Gasteiger partial charge is 0.262 e. The summed E-state index contributed by atoms with van der Waals surface area (Å²) in [6.45, 7) is -0.358. The van der Waals surface area contributed by atoms with Gasteiger partial charge in [0.1, 0.15) is 11.6 Å². The Morgan fingerprint density at radius 2 is 1.67 bits per heavy atom. The van der Waals surface area contributed by atoms with Crippen LogP contribution in [0.15, 0.2) is 65.0 Å². The molecule has 0 unspecified atom stereocenters. The van der Waals surface area contributed by atoms with Crippen molar-refractivity contribution in [2.75, 3.05) is 19.0 Å². The van der Waals surface area contributed by atoms with Gasteiger partial charge in [-0.1, -0.05) is 29.8 Å². The number of rotatable bonds is 5. The molecule has 1 aliphatic heterocycles. The number of ether oxygens (including phenoxy) is 1. The zero-order chi connectivity index (χ0) is 25.4. The molecule has 0 saturated carbocycles. The number of nitrogens with zero attached hydrogens (tertiary/aromatic N) is 1. The van der Waals surface area contributed by atoms with Gasteiger partial charge in [0, 0.05) is 48.3 Å². The van der Waals surface area contributed by atoms with Crippen LogP contribution in [0.5, 0.6) is 5.75 Å². The van der Waals surface area contributed by atoms with Crippen LogP contribution in [-0.4, -0.2) is 36.0 Å². The molecular formula is C28H26ClFN2O4. The van der Waals surface area contributed by atoms with E-state index in [4.69, 9.17) is 16.3 Å². The predicted octanol–water partition coefficient (Wildman–Crippen LogP) is 5.54. The molecule has 1 amide bonds. The van der Waals surface area contributed by atoms with Crippen LogP contribution < -0.4 is 10.1 Å². The van der Waals surface area contributed by atoms with Crippen molar-refractivity contribution in [2.45, 2.75) is 44.4 Å². The SMILES string of the molecule is CN1C2=C(C(=O)CCC2)C(c2ccc(OCC(=O)Nc3ccccc3F)c(Cl)c2)C2=C1CCCC2=O. The Balaban J connectivity index is 1.41. The number of hydrogen-bond acceptors (Lipinski definition) is 5. The molecule has 1 heterocycles. The number of carbonyl (C=O) groups excluding carboxylic acids is 3. The topological polar surface area (TPSA) is 75.7 Å². The fourth-order valence-corrected chi connectivity index (χ4v) is 5.64. The second-order valence-corrected chi connectivity index (χ2v) is 9.68. The third kappa shape index (κ3) is 4.44. The number of nitrogens with one attached hydrogen (secondary N) is 1. The minimum atomic E-state index is -0.539. The van der Waals surface area contributed by atoms with Crippen molar-refractivity contribution in [2.24, 2.45) is 0 Å². The number of amides is 1. The first-order chi connectivity index (χ1) is 17.3. The number of anilines is 1. The van der Waals surface area contributed by atoms with Crippen molar-refractivity contribution in [1.82, 2.24) is 4.90 Å². The molecule has 0 radical (unpaired) electrons. The molecule has 36 heavy (non-hydrogen) atoms. The van der Waals surface area contributed by atoms with E-state index < -0.39 is 17.6 Å². The number of halogens is 2. The van der Waals surface area contributed by atoms with E-state index >= 15 is 0 Å². The van der Waals surface area contributed by atoms with Crippen LogP contribution in [0.25, 0.3) is 0 Å². The van der Waals surface area contributed by atoms with E-state index in [1.54, 1.807) is 24.3 Å². The maximum absolute atomic E-state index is 13.8. The average molecular weight is 509 g/mol. The van der Waals surface area contributed by atoms with Crippen LogP contribution in [0.1, 0.15) is 50.0 Å². The van der Waals surface area contributed by atoms with Gasteiger partial charge in [-0.3, -0.25) is 14.4 Å². The van der Waals surface area contributed by atoms with Crippen LogP contribution in [0.2, 0.25) is 5.02 Å². The molecule has 186 valence electrons. The third-order valence-corrected chi connectivity index (χ3v) is 7.34. The van der Waals surface area contributed by atoms with E-state index in [-0.39, 0.29) is 34.6 Å². The highest BCUT2D eigenvalue weighted by atomic mass is 35.5. The molecule has 0 saturated heterocycles. The monoisotopic (exact) mass is 508 g/mol. The van der Waals surface area contributed by atoms with Crippen molar-refractivity contribution in [1.29, 1.82) is 0 Å². The summed E-state index contributed by atoms with van der Waals surface area (Å²) >= 11 is 6.54. The summed E-state index contributed by atoms with van der Waals surface area (Å²) in [6, 6.07) is 11.0. The zero-order valence-electron chi connectivity index (χ0n) is 19.9. The number of para-hydroxylation sites is 1. The van der Waals surface area contributed by atoms with Gasteiger partial charge in [0.2, 0.25) is 0 Å². The summed E-state index contributed by atoms with van der Waals surface area (Å²) < 4.78 is 19.4. The highest BCUT2D eigenvalue weighted by molar-refractivity contribution is 6.32. The fourth-order valence-electron chi connectivity index (χ4n) is 5.39. The first-order valence-corrected chi connectivity index (χ1v) is 12.5. The van der Waals surface area contributed by atoms with E-state index in [1.807, 2.05) is 7.05 Å².